The minimum absolute atomic E-state index is 0.0170. The second-order valence-electron chi connectivity index (χ2n) is 5.78. The van der Waals surface area contributed by atoms with Crippen molar-refractivity contribution in [3.63, 3.8) is 0 Å². The summed E-state index contributed by atoms with van der Waals surface area (Å²) in [6.45, 7) is 5.44. The van der Waals surface area contributed by atoms with Crippen LogP contribution >= 0.6 is 0 Å². The van der Waals surface area contributed by atoms with Crippen LogP contribution in [0.15, 0.2) is 22.8 Å². The summed E-state index contributed by atoms with van der Waals surface area (Å²) in [6.07, 6.45) is 1.36. The molecule has 0 spiro atoms. The van der Waals surface area contributed by atoms with Crippen LogP contribution in [0.3, 0.4) is 0 Å². The zero-order valence-electron chi connectivity index (χ0n) is 11.2. The number of fused-ring (bicyclic) bond motifs is 3. The van der Waals surface area contributed by atoms with E-state index in [9.17, 15) is 14.4 Å². The molecule has 0 bridgehead atoms. The van der Waals surface area contributed by atoms with E-state index in [2.05, 4.69) is 0 Å². The van der Waals surface area contributed by atoms with E-state index < -0.39 is 17.9 Å². The summed E-state index contributed by atoms with van der Waals surface area (Å²) in [5, 5.41) is 0. The van der Waals surface area contributed by atoms with Gasteiger partial charge >= 0.3 is 5.97 Å². The summed E-state index contributed by atoms with van der Waals surface area (Å²) in [4.78, 5) is 36.1. The van der Waals surface area contributed by atoms with Crippen molar-refractivity contribution in [2.24, 2.45) is 17.8 Å². The molecule has 0 aromatic carbocycles. The summed E-state index contributed by atoms with van der Waals surface area (Å²) in [6, 6.07) is 0. The van der Waals surface area contributed by atoms with Crippen molar-refractivity contribution in [2.75, 3.05) is 0 Å². The first-order valence-electron chi connectivity index (χ1n) is 6.57. The lowest BCUT2D eigenvalue weighted by Crippen LogP contribution is -2.32. The number of hydrogen-bond acceptors (Lipinski definition) is 4. The number of ketones is 2. The highest BCUT2D eigenvalue weighted by atomic mass is 16.6. The van der Waals surface area contributed by atoms with Gasteiger partial charge in [0.1, 0.15) is 11.9 Å². The van der Waals surface area contributed by atoms with Crippen LogP contribution in [0.25, 0.3) is 0 Å². The molecule has 1 aliphatic heterocycles. The van der Waals surface area contributed by atoms with E-state index in [0.717, 1.165) is 11.1 Å². The van der Waals surface area contributed by atoms with Gasteiger partial charge in [-0.2, -0.15) is 0 Å². The predicted octanol–water partition coefficient (Wildman–Crippen LogP) is 1.60. The van der Waals surface area contributed by atoms with Crippen LogP contribution in [0.4, 0.5) is 0 Å². The first kappa shape index (κ1) is 12.3. The van der Waals surface area contributed by atoms with E-state index in [0.29, 0.717) is 5.57 Å². The number of carbonyl (C=O) groups excluding carboxylic acids is 3. The van der Waals surface area contributed by atoms with Crippen LogP contribution in [0.2, 0.25) is 0 Å². The maximum atomic E-state index is 12.3. The topological polar surface area (TPSA) is 60.4 Å². The molecule has 3 aliphatic rings. The summed E-state index contributed by atoms with van der Waals surface area (Å²) >= 11 is 0. The van der Waals surface area contributed by atoms with Gasteiger partial charge in [0, 0.05) is 17.9 Å². The molecule has 4 heteroatoms. The van der Waals surface area contributed by atoms with Crippen LogP contribution in [0, 0.1) is 17.8 Å². The van der Waals surface area contributed by atoms with Gasteiger partial charge in [-0.1, -0.05) is 18.1 Å². The monoisotopic (exact) mass is 260 g/mol. The van der Waals surface area contributed by atoms with E-state index in [1.165, 1.54) is 0 Å². The Morgan fingerprint density at radius 3 is 2.58 bits per heavy atom. The maximum absolute atomic E-state index is 12.3. The Balaban J connectivity index is 2.14. The number of esters is 1. The molecule has 0 N–H and O–H groups in total. The highest BCUT2D eigenvalue weighted by Gasteiger charge is 2.53. The summed E-state index contributed by atoms with van der Waals surface area (Å²) in [5.41, 5.74) is 2.39. The zero-order valence-corrected chi connectivity index (χ0v) is 11.2. The Kier molecular flexibility index (Phi) is 2.52. The van der Waals surface area contributed by atoms with E-state index >= 15 is 0 Å². The zero-order chi connectivity index (χ0) is 13.9. The van der Waals surface area contributed by atoms with Crippen LogP contribution in [0.5, 0.6) is 0 Å². The van der Waals surface area contributed by atoms with Gasteiger partial charge < -0.3 is 4.74 Å². The Hall–Kier alpha value is -1.71. The number of Topliss-reactive ketones (excluding diaryl/α,β-unsaturated/α-hetero) is 1. The normalized spacial score (nSPS) is 37.8. The first-order chi connectivity index (χ1) is 8.91. The molecule has 100 valence electrons. The second-order valence-corrected chi connectivity index (χ2v) is 5.78. The van der Waals surface area contributed by atoms with Crippen molar-refractivity contribution in [3.05, 3.63) is 22.8 Å². The van der Waals surface area contributed by atoms with E-state index in [1.54, 1.807) is 13.0 Å². The molecule has 3 rings (SSSR count). The molecule has 4 atom stereocenters. The van der Waals surface area contributed by atoms with Crippen molar-refractivity contribution < 1.29 is 19.1 Å². The number of hydrogen-bond donors (Lipinski definition) is 0. The Bertz CT molecular complexity index is 567. The molecule has 1 fully saturated rings. The van der Waals surface area contributed by atoms with Gasteiger partial charge in [-0.05, 0) is 19.9 Å². The largest absolute Gasteiger partial charge is 0.460 e. The van der Waals surface area contributed by atoms with Gasteiger partial charge in [-0.25, -0.2) is 0 Å². The lowest BCUT2D eigenvalue weighted by Gasteiger charge is -2.23. The molecule has 1 heterocycles. The van der Waals surface area contributed by atoms with Gasteiger partial charge in [-0.3, -0.25) is 14.4 Å². The SMILES string of the molecule is CC1=CC(=O)C2=C(C)CC(=O)[C@@H]3[C@@H](OC(=O)[C@@H]3C)[C@H]12. The standard InChI is InChI=1S/C15H16O4/c1-6-4-10(17)13-8(3)15(18)19-14(13)12-7(2)5-9(16)11(6)12/h5,8,12-14H,4H2,1-3H3/t8-,12-,13-,14+/m1/s1. The van der Waals surface area contributed by atoms with Gasteiger partial charge in [0.05, 0.1) is 11.8 Å². The third-order valence-electron chi connectivity index (χ3n) is 4.54. The number of carbonyl (C=O) groups is 3. The third-order valence-corrected chi connectivity index (χ3v) is 4.54. The van der Waals surface area contributed by atoms with Crippen LogP contribution in [-0.4, -0.2) is 23.6 Å². The van der Waals surface area contributed by atoms with Crippen molar-refractivity contribution in [1.29, 1.82) is 0 Å². The molecule has 0 unspecified atom stereocenters. The highest BCUT2D eigenvalue weighted by Crippen LogP contribution is 2.46. The predicted molar refractivity (Wildman–Crippen MR) is 67.1 cm³/mol. The Labute approximate surface area is 111 Å². The smallest absolute Gasteiger partial charge is 0.309 e. The average Bonchev–Trinajstić information content (AvgIpc) is 2.72. The third kappa shape index (κ3) is 1.55. The van der Waals surface area contributed by atoms with Gasteiger partial charge in [0.25, 0.3) is 0 Å². The summed E-state index contributed by atoms with van der Waals surface area (Å²) in [5.74, 6) is -1.40. The molecule has 0 aromatic rings. The number of rotatable bonds is 0. The molecule has 0 aromatic heterocycles. The lowest BCUT2D eigenvalue weighted by molar-refractivity contribution is -0.144. The van der Waals surface area contributed by atoms with Crippen molar-refractivity contribution in [3.8, 4) is 0 Å². The molecule has 2 aliphatic carbocycles. The average molecular weight is 260 g/mol. The Morgan fingerprint density at radius 2 is 1.89 bits per heavy atom. The molecule has 19 heavy (non-hydrogen) atoms. The lowest BCUT2D eigenvalue weighted by atomic mass is 9.80. The van der Waals surface area contributed by atoms with E-state index in [1.807, 2.05) is 13.8 Å². The minimum Gasteiger partial charge on any atom is -0.460 e. The van der Waals surface area contributed by atoms with E-state index in [4.69, 9.17) is 4.74 Å². The van der Waals surface area contributed by atoms with Crippen molar-refractivity contribution in [1.82, 2.24) is 0 Å². The fourth-order valence-electron chi connectivity index (χ4n) is 3.61. The van der Waals surface area contributed by atoms with Crippen LogP contribution in [-0.2, 0) is 19.1 Å². The molecular formula is C15H16O4. The molecule has 0 amide bonds. The van der Waals surface area contributed by atoms with Crippen LogP contribution in [0.1, 0.15) is 27.2 Å². The van der Waals surface area contributed by atoms with E-state index in [-0.39, 0.29) is 29.9 Å². The molecule has 0 saturated carbocycles. The molecule has 1 saturated heterocycles. The fraction of sp³-hybridized carbons (Fsp3) is 0.533. The summed E-state index contributed by atoms with van der Waals surface area (Å²) < 4.78 is 5.42. The van der Waals surface area contributed by atoms with Crippen LogP contribution < -0.4 is 0 Å². The Morgan fingerprint density at radius 1 is 1.21 bits per heavy atom. The summed E-state index contributed by atoms with van der Waals surface area (Å²) in [7, 11) is 0. The van der Waals surface area contributed by atoms with Gasteiger partial charge in [-0.15, -0.1) is 0 Å². The van der Waals surface area contributed by atoms with Gasteiger partial charge in [0.15, 0.2) is 5.78 Å². The molecule has 4 nitrogen and oxygen atoms in total. The molecule has 0 radical (unpaired) electrons. The molecular weight excluding hydrogens is 244 g/mol. The minimum atomic E-state index is -0.495. The maximum Gasteiger partial charge on any atom is 0.309 e. The second kappa shape index (κ2) is 3.89. The van der Waals surface area contributed by atoms with Crippen molar-refractivity contribution >= 4 is 17.5 Å². The van der Waals surface area contributed by atoms with Gasteiger partial charge in [0.2, 0.25) is 0 Å². The van der Waals surface area contributed by atoms with Crippen molar-refractivity contribution in [2.45, 2.75) is 33.3 Å². The fourth-order valence-corrected chi connectivity index (χ4v) is 3.61. The first-order valence-corrected chi connectivity index (χ1v) is 6.57. The number of allylic oxidation sites excluding steroid dienone is 2. The number of ether oxygens (including phenoxy) is 1. The highest BCUT2D eigenvalue weighted by molar-refractivity contribution is 6.10. The quantitative estimate of drug-likeness (QED) is 0.621.